The van der Waals surface area contributed by atoms with Crippen LogP contribution in [0, 0.1) is 5.41 Å². The van der Waals surface area contributed by atoms with Gasteiger partial charge in [-0.2, -0.15) is 13.2 Å². The van der Waals surface area contributed by atoms with Gasteiger partial charge >= 0.3 is 5.51 Å². The Morgan fingerprint density at radius 1 is 1.20 bits per heavy atom. The quantitative estimate of drug-likeness (QED) is 0.839. The predicted molar refractivity (Wildman–Crippen MR) is 74.4 cm³/mol. The van der Waals surface area contributed by atoms with Gasteiger partial charge in [-0.05, 0) is 41.4 Å². The number of thioether (sulfide) groups is 1. The summed E-state index contributed by atoms with van der Waals surface area (Å²) in [5, 5.41) is 2.58. The topological polar surface area (TPSA) is 55.1 Å². The molecule has 1 rings (SSSR count). The molecule has 0 aliphatic carbocycles. The average molecular weight is 306 g/mol. The Balaban J connectivity index is 2.69. The summed E-state index contributed by atoms with van der Waals surface area (Å²) in [6.07, 6.45) is 0. The molecule has 0 heterocycles. The van der Waals surface area contributed by atoms with Gasteiger partial charge in [-0.25, -0.2) is 0 Å². The summed E-state index contributed by atoms with van der Waals surface area (Å²) in [6.45, 7) is 5.50. The lowest BCUT2D eigenvalue weighted by Crippen LogP contribution is -2.45. The summed E-state index contributed by atoms with van der Waals surface area (Å²) in [5.74, 6) is -0.367. The average Bonchev–Trinajstić information content (AvgIpc) is 2.27. The Kier molecular flexibility index (Phi) is 5.10. The van der Waals surface area contributed by atoms with E-state index in [1.54, 1.807) is 0 Å². The second-order valence-electron chi connectivity index (χ2n) is 5.41. The molecule has 112 valence electrons. The lowest BCUT2D eigenvalue weighted by atomic mass is 9.87. The lowest BCUT2D eigenvalue weighted by Gasteiger charge is -2.25. The lowest BCUT2D eigenvalue weighted by molar-refractivity contribution is -0.119. The van der Waals surface area contributed by atoms with Crippen LogP contribution in [0.2, 0.25) is 0 Å². The fourth-order valence-corrected chi connectivity index (χ4v) is 1.89. The monoisotopic (exact) mass is 306 g/mol. The standard InChI is InChI=1S/C13H17F3N2OS/c1-12(2,3)10(17)11(19)18-8-4-6-9(7-5-8)20-13(14,15)16/h4-7,10H,17H2,1-3H3,(H,18,19). The predicted octanol–water partition coefficient (Wildman–Crippen LogP) is 3.61. The van der Waals surface area contributed by atoms with Crippen molar-refractivity contribution >= 4 is 23.4 Å². The van der Waals surface area contributed by atoms with Crippen LogP contribution in [0.25, 0.3) is 0 Å². The number of alkyl halides is 3. The zero-order chi connectivity index (χ0) is 15.6. The van der Waals surface area contributed by atoms with Gasteiger partial charge in [0.15, 0.2) is 0 Å². The smallest absolute Gasteiger partial charge is 0.325 e. The van der Waals surface area contributed by atoms with Crippen LogP contribution in [0.5, 0.6) is 0 Å². The molecular formula is C13H17F3N2OS. The Hall–Kier alpha value is -1.21. The van der Waals surface area contributed by atoms with E-state index in [4.69, 9.17) is 5.73 Å². The van der Waals surface area contributed by atoms with Crippen molar-refractivity contribution in [2.24, 2.45) is 11.1 Å². The maximum Gasteiger partial charge on any atom is 0.446 e. The number of benzene rings is 1. The molecule has 0 radical (unpaired) electrons. The van der Waals surface area contributed by atoms with Gasteiger partial charge in [0.25, 0.3) is 0 Å². The fraction of sp³-hybridized carbons (Fsp3) is 0.462. The summed E-state index contributed by atoms with van der Waals surface area (Å²) in [6, 6.07) is 4.74. The summed E-state index contributed by atoms with van der Waals surface area (Å²) < 4.78 is 36.5. The maximum absolute atomic E-state index is 12.2. The maximum atomic E-state index is 12.2. The first-order valence-corrected chi connectivity index (χ1v) is 6.73. The minimum absolute atomic E-state index is 0.0654. The second-order valence-corrected chi connectivity index (χ2v) is 6.54. The fourth-order valence-electron chi connectivity index (χ4n) is 1.35. The number of rotatable bonds is 3. The number of nitrogens with one attached hydrogen (secondary N) is 1. The van der Waals surface area contributed by atoms with Crippen molar-refractivity contribution in [3.05, 3.63) is 24.3 Å². The van der Waals surface area contributed by atoms with Crippen LogP contribution in [0.15, 0.2) is 29.2 Å². The van der Waals surface area contributed by atoms with Crippen molar-refractivity contribution in [3.63, 3.8) is 0 Å². The second kappa shape index (κ2) is 6.05. The van der Waals surface area contributed by atoms with Crippen LogP contribution in [0.1, 0.15) is 20.8 Å². The molecule has 3 nitrogen and oxygen atoms in total. The number of carbonyl (C=O) groups excluding carboxylic acids is 1. The molecule has 1 aromatic rings. The molecule has 20 heavy (non-hydrogen) atoms. The highest BCUT2D eigenvalue weighted by Gasteiger charge is 2.29. The normalized spacial score (nSPS) is 13.9. The largest absolute Gasteiger partial charge is 0.446 e. The Bertz CT molecular complexity index is 466. The summed E-state index contributed by atoms with van der Waals surface area (Å²) in [4.78, 5) is 11.9. The van der Waals surface area contributed by atoms with E-state index in [2.05, 4.69) is 5.32 Å². The third kappa shape index (κ3) is 5.42. The van der Waals surface area contributed by atoms with Crippen molar-refractivity contribution in [2.45, 2.75) is 37.2 Å². The van der Waals surface area contributed by atoms with Gasteiger partial charge in [0.2, 0.25) is 5.91 Å². The molecule has 0 fully saturated rings. The van der Waals surface area contributed by atoms with Crippen LogP contribution < -0.4 is 11.1 Å². The van der Waals surface area contributed by atoms with E-state index in [9.17, 15) is 18.0 Å². The van der Waals surface area contributed by atoms with Crippen LogP contribution in [0.3, 0.4) is 0 Å². The van der Waals surface area contributed by atoms with Crippen molar-refractivity contribution in [3.8, 4) is 0 Å². The number of hydrogen-bond donors (Lipinski definition) is 2. The number of amides is 1. The molecule has 0 aliphatic rings. The van der Waals surface area contributed by atoms with E-state index in [1.807, 2.05) is 20.8 Å². The summed E-state index contributed by atoms with van der Waals surface area (Å²) in [5.41, 5.74) is 1.50. The molecular weight excluding hydrogens is 289 g/mol. The Morgan fingerprint density at radius 3 is 2.10 bits per heavy atom. The van der Waals surface area contributed by atoms with Gasteiger partial charge in [-0.3, -0.25) is 4.79 Å². The van der Waals surface area contributed by atoms with Gasteiger partial charge in [0.05, 0.1) is 6.04 Å². The zero-order valence-corrected chi connectivity index (χ0v) is 12.2. The van der Waals surface area contributed by atoms with E-state index in [0.29, 0.717) is 5.69 Å². The van der Waals surface area contributed by atoms with Crippen molar-refractivity contribution in [1.82, 2.24) is 0 Å². The molecule has 1 unspecified atom stereocenters. The van der Waals surface area contributed by atoms with Crippen LogP contribution >= 0.6 is 11.8 Å². The third-order valence-electron chi connectivity index (χ3n) is 2.57. The number of anilines is 1. The van der Waals surface area contributed by atoms with Gasteiger partial charge in [0, 0.05) is 10.6 Å². The van der Waals surface area contributed by atoms with Crippen molar-refractivity contribution in [1.29, 1.82) is 0 Å². The first-order chi connectivity index (χ1) is 8.99. The number of nitrogens with two attached hydrogens (primary N) is 1. The summed E-state index contributed by atoms with van der Waals surface area (Å²) in [7, 11) is 0. The highest BCUT2D eigenvalue weighted by atomic mass is 32.2. The van der Waals surface area contributed by atoms with Gasteiger partial charge in [-0.15, -0.1) is 0 Å². The molecule has 0 saturated heterocycles. The molecule has 0 bridgehead atoms. The van der Waals surface area contributed by atoms with E-state index in [-0.39, 0.29) is 22.6 Å². The molecule has 1 aromatic carbocycles. The number of carbonyl (C=O) groups is 1. The molecule has 0 aliphatic heterocycles. The Morgan fingerprint density at radius 2 is 1.70 bits per heavy atom. The first kappa shape index (κ1) is 16.8. The van der Waals surface area contributed by atoms with E-state index >= 15 is 0 Å². The molecule has 0 spiro atoms. The number of hydrogen-bond acceptors (Lipinski definition) is 3. The van der Waals surface area contributed by atoms with Crippen LogP contribution in [-0.4, -0.2) is 17.5 Å². The van der Waals surface area contributed by atoms with Gasteiger partial charge in [0.1, 0.15) is 0 Å². The first-order valence-electron chi connectivity index (χ1n) is 5.91. The van der Waals surface area contributed by atoms with Gasteiger partial charge in [-0.1, -0.05) is 20.8 Å². The highest BCUT2D eigenvalue weighted by Crippen LogP contribution is 2.37. The van der Waals surface area contributed by atoms with E-state index in [1.165, 1.54) is 24.3 Å². The molecule has 0 saturated carbocycles. The van der Waals surface area contributed by atoms with E-state index < -0.39 is 17.0 Å². The molecule has 3 N–H and O–H groups in total. The van der Waals surface area contributed by atoms with Crippen LogP contribution in [-0.2, 0) is 4.79 Å². The van der Waals surface area contributed by atoms with Crippen LogP contribution in [0.4, 0.5) is 18.9 Å². The van der Waals surface area contributed by atoms with Crippen molar-refractivity contribution < 1.29 is 18.0 Å². The highest BCUT2D eigenvalue weighted by molar-refractivity contribution is 8.00. The summed E-state index contributed by atoms with van der Waals surface area (Å²) >= 11 is -0.199. The number of halogens is 3. The minimum Gasteiger partial charge on any atom is -0.325 e. The SMILES string of the molecule is CC(C)(C)C(N)C(=O)Nc1ccc(SC(F)(F)F)cc1. The molecule has 7 heteroatoms. The van der Waals surface area contributed by atoms with Crippen molar-refractivity contribution in [2.75, 3.05) is 5.32 Å². The Labute approximate surface area is 120 Å². The molecule has 1 amide bonds. The third-order valence-corrected chi connectivity index (χ3v) is 3.31. The van der Waals surface area contributed by atoms with Gasteiger partial charge < -0.3 is 11.1 Å². The molecule has 0 aromatic heterocycles. The minimum atomic E-state index is -4.32. The molecule has 1 atom stereocenters. The zero-order valence-electron chi connectivity index (χ0n) is 11.4. The van der Waals surface area contributed by atoms with E-state index in [0.717, 1.165) is 0 Å².